The first-order chi connectivity index (χ1) is 13.1. The van der Waals surface area contributed by atoms with E-state index in [1.807, 2.05) is 37.3 Å². The van der Waals surface area contributed by atoms with Gasteiger partial charge in [-0.15, -0.1) is 0 Å². The maximum absolute atomic E-state index is 12.9. The van der Waals surface area contributed by atoms with Crippen molar-refractivity contribution in [3.8, 4) is 11.5 Å². The molecule has 4 rings (SSSR count). The quantitative estimate of drug-likeness (QED) is 0.682. The monoisotopic (exact) mass is 429 g/mol. The fraction of sp³-hybridized carbons (Fsp3) is 0.286. The molecule has 5 nitrogen and oxygen atoms in total. The van der Waals surface area contributed by atoms with E-state index in [1.54, 1.807) is 13.2 Å². The average Bonchev–Trinajstić information content (AvgIpc) is 2.98. The summed E-state index contributed by atoms with van der Waals surface area (Å²) < 4.78 is 18.0. The van der Waals surface area contributed by atoms with E-state index in [2.05, 4.69) is 20.8 Å². The highest BCUT2D eigenvalue weighted by atomic mass is 79.9. The molecule has 6 heteroatoms. The number of halogens is 1. The molecule has 0 bridgehead atoms. The van der Waals surface area contributed by atoms with Gasteiger partial charge in [0.2, 0.25) is 5.78 Å². The highest BCUT2D eigenvalue weighted by molar-refractivity contribution is 9.10. The van der Waals surface area contributed by atoms with Crippen LogP contribution in [0.2, 0.25) is 0 Å². The van der Waals surface area contributed by atoms with Gasteiger partial charge in [0.05, 0.1) is 12.2 Å². The lowest BCUT2D eigenvalue weighted by atomic mass is 10.00. The van der Waals surface area contributed by atoms with Gasteiger partial charge in [-0.1, -0.05) is 28.1 Å². The molecule has 0 radical (unpaired) electrons. The lowest BCUT2D eigenvalue weighted by molar-refractivity contribution is 0.0649. The summed E-state index contributed by atoms with van der Waals surface area (Å²) >= 11 is 3.42. The van der Waals surface area contributed by atoms with Gasteiger partial charge in [-0.25, -0.2) is 0 Å². The smallest absolute Gasteiger partial charge is 0.231 e. The molecular weight excluding hydrogens is 410 g/mol. The SMILES string of the molecule is COCCN1COc2c(cc3c(c2C)O/C(=C\c2ccc(Br)cc2)C3=O)C1. The van der Waals surface area contributed by atoms with Gasteiger partial charge in [-0.05, 0) is 36.8 Å². The zero-order valence-electron chi connectivity index (χ0n) is 15.3. The van der Waals surface area contributed by atoms with Crippen molar-refractivity contribution in [2.75, 3.05) is 27.0 Å². The predicted molar refractivity (Wildman–Crippen MR) is 106 cm³/mol. The Morgan fingerprint density at radius 2 is 2.04 bits per heavy atom. The highest BCUT2D eigenvalue weighted by Crippen LogP contribution is 2.43. The maximum Gasteiger partial charge on any atom is 0.231 e. The van der Waals surface area contributed by atoms with Gasteiger partial charge in [-0.3, -0.25) is 9.69 Å². The van der Waals surface area contributed by atoms with E-state index >= 15 is 0 Å². The first-order valence-corrected chi connectivity index (χ1v) is 9.56. The Morgan fingerprint density at radius 3 is 2.78 bits per heavy atom. The standard InChI is InChI=1S/C21H20BrNO4/c1-13-20-15(11-23(12-26-20)7-8-25-2)10-17-19(24)18(27-21(13)17)9-14-3-5-16(22)6-4-14/h3-6,9-10H,7-8,11-12H2,1-2H3/b18-9-. The van der Waals surface area contributed by atoms with Crippen LogP contribution >= 0.6 is 15.9 Å². The van der Waals surface area contributed by atoms with Crippen LogP contribution in [0.4, 0.5) is 0 Å². The van der Waals surface area contributed by atoms with E-state index in [0.717, 1.165) is 40.0 Å². The number of hydrogen-bond donors (Lipinski definition) is 0. The number of carbonyl (C=O) groups is 1. The molecule has 2 aliphatic heterocycles. The number of hydrogen-bond acceptors (Lipinski definition) is 5. The van der Waals surface area contributed by atoms with Gasteiger partial charge in [0, 0.05) is 35.8 Å². The number of allylic oxidation sites excluding steroid dienone is 1. The molecule has 0 atom stereocenters. The predicted octanol–water partition coefficient (Wildman–Crippen LogP) is 4.17. The minimum absolute atomic E-state index is 0.0900. The van der Waals surface area contributed by atoms with E-state index in [-0.39, 0.29) is 5.78 Å². The van der Waals surface area contributed by atoms with Crippen LogP contribution in [0.25, 0.3) is 6.08 Å². The summed E-state index contributed by atoms with van der Waals surface area (Å²) in [7, 11) is 1.69. The van der Waals surface area contributed by atoms with Gasteiger partial charge >= 0.3 is 0 Å². The zero-order chi connectivity index (χ0) is 19.0. The Balaban J connectivity index is 1.64. The average molecular weight is 430 g/mol. The number of ketones is 1. The van der Waals surface area contributed by atoms with Crippen molar-refractivity contribution in [1.82, 2.24) is 4.90 Å². The van der Waals surface area contributed by atoms with Crippen molar-refractivity contribution in [3.63, 3.8) is 0 Å². The van der Waals surface area contributed by atoms with Crippen molar-refractivity contribution in [1.29, 1.82) is 0 Å². The first kappa shape index (κ1) is 18.2. The summed E-state index contributed by atoms with van der Waals surface area (Å²) in [5.74, 6) is 1.68. The number of Topliss-reactive ketones (excluding diaryl/α,β-unsaturated/α-hetero) is 1. The second-order valence-corrected chi connectivity index (χ2v) is 7.59. The fourth-order valence-corrected chi connectivity index (χ4v) is 3.63. The summed E-state index contributed by atoms with van der Waals surface area (Å²) in [5.41, 5.74) is 3.41. The number of fused-ring (bicyclic) bond motifs is 2. The Hall–Kier alpha value is -2.15. The molecule has 2 aromatic carbocycles. The Kier molecular flexibility index (Phi) is 5.04. The summed E-state index contributed by atoms with van der Waals surface area (Å²) in [5, 5.41) is 0. The Labute approximate surface area is 166 Å². The molecule has 0 N–H and O–H groups in total. The largest absolute Gasteiger partial charge is 0.477 e. The molecule has 0 aliphatic carbocycles. The first-order valence-electron chi connectivity index (χ1n) is 8.77. The lowest BCUT2D eigenvalue weighted by Crippen LogP contribution is -2.34. The van der Waals surface area contributed by atoms with Gasteiger partial charge in [-0.2, -0.15) is 0 Å². The molecular formula is C21H20BrNO4. The lowest BCUT2D eigenvalue weighted by Gasteiger charge is -2.30. The van der Waals surface area contributed by atoms with Crippen LogP contribution in [0.3, 0.4) is 0 Å². The fourth-order valence-electron chi connectivity index (χ4n) is 3.37. The van der Waals surface area contributed by atoms with E-state index in [4.69, 9.17) is 14.2 Å². The molecule has 0 saturated heterocycles. The minimum atomic E-state index is -0.0900. The summed E-state index contributed by atoms with van der Waals surface area (Å²) in [6.45, 7) is 4.60. The zero-order valence-corrected chi connectivity index (χ0v) is 16.8. The van der Waals surface area contributed by atoms with Crippen molar-refractivity contribution >= 4 is 27.8 Å². The van der Waals surface area contributed by atoms with E-state index in [9.17, 15) is 4.79 Å². The molecule has 140 valence electrons. The number of ether oxygens (including phenoxy) is 3. The van der Waals surface area contributed by atoms with Crippen LogP contribution in [0, 0.1) is 6.92 Å². The van der Waals surface area contributed by atoms with Crippen molar-refractivity contribution in [3.05, 3.63) is 62.8 Å². The molecule has 2 heterocycles. The number of nitrogens with zero attached hydrogens (tertiary/aromatic N) is 1. The van der Waals surface area contributed by atoms with Crippen molar-refractivity contribution in [2.24, 2.45) is 0 Å². The Bertz CT molecular complexity index is 921. The van der Waals surface area contributed by atoms with Crippen molar-refractivity contribution in [2.45, 2.75) is 13.5 Å². The number of benzene rings is 2. The highest BCUT2D eigenvalue weighted by Gasteiger charge is 2.33. The normalized spacial score (nSPS) is 17.4. The molecule has 2 aliphatic rings. The summed E-state index contributed by atoms with van der Waals surface area (Å²) in [6, 6.07) is 9.65. The van der Waals surface area contributed by atoms with Crippen LogP contribution < -0.4 is 9.47 Å². The number of methoxy groups -OCH3 is 1. The number of rotatable bonds is 4. The molecule has 0 spiro atoms. The summed E-state index contributed by atoms with van der Waals surface area (Å²) in [6.07, 6.45) is 1.78. The summed E-state index contributed by atoms with van der Waals surface area (Å²) in [4.78, 5) is 15.0. The van der Waals surface area contributed by atoms with Gasteiger partial charge in [0.1, 0.15) is 18.2 Å². The molecule has 0 saturated carbocycles. The molecule has 0 fully saturated rings. The van der Waals surface area contributed by atoms with Crippen LogP contribution in [0.15, 0.2) is 40.6 Å². The minimum Gasteiger partial charge on any atom is -0.477 e. The van der Waals surface area contributed by atoms with E-state index in [1.165, 1.54) is 0 Å². The van der Waals surface area contributed by atoms with Crippen molar-refractivity contribution < 1.29 is 19.0 Å². The maximum atomic E-state index is 12.9. The van der Waals surface area contributed by atoms with Gasteiger partial charge in [0.25, 0.3) is 0 Å². The molecule has 2 aromatic rings. The van der Waals surface area contributed by atoms with Gasteiger partial charge in [0.15, 0.2) is 5.76 Å². The topological polar surface area (TPSA) is 48.0 Å². The van der Waals surface area contributed by atoms with E-state index < -0.39 is 0 Å². The number of carbonyl (C=O) groups excluding carboxylic acids is 1. The second kappa shape index (κ2) is 7.46. The van der Waals surface area contributed by atoms with Gasteiger partial charge < -0.3 is 14.2 Å². The molecule has 0 unspecified atom stereocenters. The Morgan fingerprint density at radius 1 is 1.26 bits per heavy atom. The third-order valence-corrected chi connectivity index (χ3v) is 5.31. The van der Waals surface area contributed by atoms with Crippen LogP contribution in [-0.4, -0.2) is 37.7 Å². The molecule has 0 amide bonds. The van der Waals surface area contributed by atoms with Crippen LogP contribution in [-0.2, 0) is 11.3 Å². The van der Waals surface area contributed by atoms with Crippen LogP contribution in [0.1, 0.15) is 27.0 Å². The third-order valence-electron chi connectivity index (χ3n) is 4.78. The molecule has 27 heavy (non-hydrogen) atoms. The van der Waals surface area contributed by atoms with Crippen LogP contribution in [0.5, 0.6) is 11.5 Å². The van der Waals surface area contributed by atoms with E-state index in [0.29, 0.717) is 30.4 Å². The second-order valence-electron chi connectivity index (χ2n) is 6.68. The molecule has 0 aromatic heterocycles. The third kappa shape index (κ3) is 3.52.